The lowest BCUT2D eigenvalue weighted by Gasteiger charge is -1.98. The summed E-state index contributed by atoms with van der Waals surface area (Å²) in [6, 6.07) is 7.58. The number of thiazole rings is 1. The van der Waals surface area contributed by atoms with Gasteiger partial charge in [-0.05, 0) is 6.07 Å². The molecule has 3 N–H and O–H groups in total. The molecule has 1 aromatic heterocycles. The number of anilines is 1. The van der Waals surface area contributed by atoms with Gasteiger partial charge in [0.2, 0.25) is 0 Å². The van der Waals surface area contributed by atoms with Crippen LogP contribution in [0.25, 0.3) is 11.3 Å². The average molecular weight is 226 g/mol. The Hall–Kier alpha value is -1.10. The highest BCUT2D eigenvalue weighted by Gasteiger charge is 2.06. The van der Waals surface area contributed by atoms with Gasteiger partial charge in [0.1, 0.15) is 0 Å². The van der Waals surface area contributed by atoms with E-state index in [0.29, 0.717) is 10.2 Å². The zero-order chi connectivity index (χ0) is 9.97. The third-order valence-electron chi connectivity index (χ3n) is 1.78. The van der Waals surface area contributed by atoms with Crippen molar-refractivity contribution in [2.75, 3.05) is 5.43 Å². The summed E-state index contributed by atoms with van der Waals surface area (Å²) >= 11 is 7.47. The van der Waals surface area contributed by atoms with Crippen molar-refractivity contribution in [1.29, 1.82) is 0 Å². The lowest BCUT2D eigenvalue weighted by molar-refractivity contribution is 1.29. The predicted octanol–water partition coefficient (Wildman–Crippen LogP) is 2.75. The number of benzene rings is 1. The van der Waals surface area contributed by atoms with Gasteiger partial charge in [-0.15, -0.1) is 11.3 Å². The summed E-state index contributed by atoms with van der Waals surface area (Å²) in [7, 11) is 0. The number of aromatic nitrogens is 1. The number of hydrazine groups is 1. The van der Waals surface area contributed by atoms with Gasteiger partial charge in [0, 0.05) is 16.0 Å². The summed E-state index contributed by atoms with van der Waals surface area (Å²) in [6.45, 7) is 0. The molecule has 0 aliphatic rings. The van der Waals surface area contributed by atoms with Crippen LogP contribution in [-0.2, 0) is 0 Å². The molecular weight excluding hydrogens is 218 g/mol. The molecule has 2 rings (SSSR count). The summed E-state index contributed by atoms with van der Waals surface area (Å²) in [5.74, 6) is 5.24. The molecule has 0 atom stereocenters. The van der Waals surface area contributed by atoms with Crippen molar-refractivity contribution >= 4 is 28.1 Å². The molecule has 3 nitrogen and oxygen atoms in total. The van der Waals surface area contributed by atoms with Gasteiger partial charge >= 0.3 is 0 Å². The number of hydrogen-bond donors (Lipinski definition) is 2. The topological polar surface area (TPSA) is 50.9 Å². The van der Waals surface area contributed by atoms with Crippen LogP contribution in [0.5, 0.6) is 0 Å². The molecule has 1 heterocycles. The van der Waals surface area contributed by atoms with E-state index < -0.39 is 0 Å². The third-order valence-corrected chi connectivity index (χ3v) is 2.88. The summed E-state index contributed by atoms with van der Waals surface area (Å²) < 4.78 is 0. The van der Waals surface area contributed by atoms with Crippen molar-refractivity contribution in [3.63, 3.8) is 0 Å². The van der Waals surface area contributed by atoms with E-state index in [4.69, 9.17) is 17.4 Å². The van der Waals surface area contributed by atoms with Crippen LogP contribution in [0.15, 0.2) is 29.6 Å². The normalized spacial score (nSPS) is 10.1. The van der Waals surface area contributed by atoms with Crippen molar-refractivity contribution in [3.05, 3.63) is 34.7 Å². The lowest BCUT2D eigenvalue weighted by Crippen LogP contribution is -2.05. The molecule has 0 saturated heterocycles. The van der Waals surface area contributed by atoms with Gasteiger partial charge in [-0.3, -0.25) is 5.43 Å². The Balaban J connectivity index is 2.44. The van der Waals surface area contributed by atoms with Gasteiger partial charge in [0.25, 0.3) is 0 Å². The standard InChI is InChI=1S/C9H8ClN3S/c10-7-4-2-1-3-6(7)8-5-14-9(12-8)13-11/h1-5H,11H2,(H,12,13). The van der Waals surface area contributed by atoms with Crippen LogP contribution in [0, 0.1) is 0 Å². The maximum Gasteiger partial charge on any atom is 0.197 e. The Morgan fingerprint density at radius 1 is 1.36 bits per heavy atom. The maximum absolute atomic E-state index is 6.02. The third kappa shape index (κ3) is 1.72. The minimum absolute atomic E-state index is 0.680. The van der Waals surface area contributed by atoms with Crippen LogP contribution < -0.4 is 11.3 Å². The Morgan fingerprint density at radius 2 is 2.14 bits per heavy atom. The Labute approximate surface area is 90.5 Å². The number of hydrogen-bond acceptors (Lipinski definition) is 4. The minimum Gasteiger partial charge on any atom is -0.300 e. The highest BCUT2D eigenvalue weighted by Crippen LogP contribution is 2.29. The van der Waals surface area contributed by atoms with Crippen LogP contribution in [-0.4, -0.2) is 4.98 Å². The highest BCUT2D eigenvalue weighted by molar-refractivity contribution is 7.14. The van der Waals surface area contributed by atoms with Crippen molar-refractivity contribution < 1.29 is 0 Å². The molecule has 0 bridgehead atoms. The van der Waals surface area contributed by atoms with Crippen molar-refractivity contribution in [2.24, 2.45) is 5.84 Å². The van der Waals surface area contributed by atoms with Crippen molar-refractivity contribution in [1.82, 2.24) is 4.98 Å². The molecule has 0 amide bonds. The second kappa shape index (κ2) is 3.96. The molecule has 5 heteroatoms. The number of halogens is 1. The molecule has 2 aromatic rings. The number of nitrogens with one attached hydrogen (secondary N) is 1. The van der Waals surface area contributed by atoms with Crippen LogP contribution in [0.4, 0.5) is 5.13 Å². The first-order valence-electron chi connectivity index (χ1n) is 3.98. The van der Waals surface area contributed by atoms with Crippen molar-refractivity contribution in [2.45, 2.75) is 0 Å². The largest absolute Gasteiger partial charge is 0.300 e. The first-order chi connectivity index (χ1) is 6.81. The lowest BCUT2D eigenvalue weighted by atomic mass is 10.2. The van der Waals surface area contributed by atoms with E-state index in [2.05, 4.69) is 10.4 Å². The number of rotatable bonds is 2. The quantitative estimate of drug-likeness (QED) is 0.611. The van der Waals surface area contributed by atoms with E-state index in [1.165, 1.54) is 11.3 Å². The fourth-order valence-electron chi connectivity index (χ4n) is 1.13. The van der Waals surface area contributed by atoms with Crippen LogP contribution in [0.1, 0.15) is 0 Å². The molecule has 14 heavy (non-hydrogen) atoms. The van der Waals surface area contributed by atoms with Gasteiger partial charge in [-0.1, -0.05) is 29.8 Å². The first-order valence-corrected chi connectivity index (χ1v) is 5.24. The van der Waals surface area contributed by atoms with E-state index in [1.54, 1.807) is 0 Å². The second-order valence-electron chi connectivity index (χ2n) is 2.66. The Morgan fingerprint density at radius 3 is 2.79 bits per heavy atom. The molecule has 72 valence electrons. The second-order valence-corrected chi connectivity index (χ2v) is 3.93. The van der Waals surface area contributed by atoms with Crippen LogP contribution in [0.3, 0.4) is 0 Å². The molecule has 0 aliphatic heterocycles. The Bertz CT molecular complexity index is 441. The smallest absolute Gasteiger partial charge is 0.197 e. The van der Waals surface area contributed by atoms with Crippen LogP contribution in [0.2, 0.25) is 5.02 Å². The van der Waals surface area contributed by atoms with Gasteiger partial charge in [-0.25, -0.2) is 10.8 Å². The van der Waals surface area contributed by atoms with Gasteiger partial charge in [0.15, 0.2) is 5.13 Å². The minimum atomic E-state index is 0.680. The van der Waals surface area contributed by atoms with E-state index in [-0.39, 0.29) is 0 Å². The molecule has 1 aromatic carbocycles. The van der Waals surface area contributed by atoms with Gasteiger partial charge < -0.3 is 0 Å². The highest BCUT2D eigenvalue weighted by atomic mass is 35.5. The molecule has 0 unspecified atom stereocenters. The number of nitrogens with zero attached hydrogens (tertiary/aromatic N) is 1. The molecule has 0 spiro atoms. The van der Waals surface area contributed by atoms with E-state index in [9.17, 15) is 0 Å². The zero-order valence-electron chi connectivity index (χ0n) is 7.20. The SMILES string of the molecule is NNc1nc(-c2ccccc2Cl)cs1. The summed E-state index contributed by atoms with van der Waals surface area (Å²) in [5, 5.41) is 3.29. The van der Waals surface area contributed by atoms with Crippen LogP contribution >= 0.6 is 22.9 Å². The molecular formula is C9H8ClN3S. The molecule has 0 radical (unpaired) electrons. The molecule has 0 aliphatic carbocycles. The van der Waals surface area contributed by atoms with E-state index in [1.807, 2.05) is 29.6 Å². The van der Waals surface area contributed by atoms with Crippen molar-refractivity contribution in [3.8, 4) is 11.3 Å². The maximum atomic E-state index is 6.02. The first kappa shape index (κ1) is 9.45. The van der Waals surface area contributed by atoms with Gasteiger partial charge in [-0.2, -0.15) is 0 Å². The fourth-order valence-corrected chi connectivity index (χ4v) is 1.99. The molecule has 0 saturated carbocycles. The monoisotopic (exact) mass is 225 g/mol. The zero-order valence-corrected chi connectivity index (χ0v) is 8.77. The number of nitrogens with two attached hydrogens (primary N) is 1. The van der Waals surface area contributed by atoms with E-state index in [0.717, 1.165) is 11.3 Å². The Kier molecular flexibility index (Phi) is 2.67. The predicted molar refractivity (Wildman–Crippen MR) is 60.4 cm³/mol. The summed E-state index contributed by atoms with van der Waals surface area (Å²) in [5.41, 5.74) is 4.27. The molecule has 0 fully saturated rings. The fraction of sp³-hybridized carbons (Fsp3) is 0. The number of nitrogen functional groups attached to an aromatic ring is 1. The summed E-state index contributed by atoms with van der Waals surface area (Å²) in [6.07, 6.45) is 0. The summed E-state index contributed by atoms with van der Waals surface area (Å²) in [4.78, 5) is 4.26. The van der Waals surface area contributed by atoms with Gasteiger partial charge in [0.05, 0.1) is 5.69 Å². The average Bonchev–Trinajstić information content (AvgIpc) is 2.67. The van der Waals surface area contributed by atoms with E-state index >= 15 is 0 Å².